The number of rotatable bonds is 4. The second kappa shape index (κ2) is 5.30. The molecule has 1 unspecified atom stereocenters. The molecule has 0 bridgehead atoms. The van der Waals surface area contributed by atoms with Crippen LogP contribution in [0.25, 0.3) is 0 Å². The average Bonchev–Trinajstić information content (AvgIpc) is 2.15. The van der Waals surface area contributed by atoms with Gasteiger partial charge in [-0.1, -0.05) is 13.3 Å². The Morgan fingerprint density at radius 2 is 2.20 bits per heavy atom. The Morgan fingerprint density at radius 3 is 2.73 bits per heavy atom. The van der Waals surface area contributed by atoms with Crippen molar-refractivity contribution < 1.29 is 0 Å². The molecule has 0 aromatic carbocycles. The summed E-state index contributed by atoms with van der Waals surface area (Å²) >= 11 is 3.31. The topological polar surface area (TPSA) is 55.0 Å². The van der Waals surface area contributed by atoms with E-state index in [0.717, 1.165) is 17.4 Å². The largest absolute Gasteiger partial charge is 0.383 e. The Bertz CT molecular complexity index is 309. The summed E-state index contributed by atoms with van der Waals surface area (Å²) in [5.41, 5.74) is 5.66. The molecule has 0 fully saturated rings. The summed E-state index contributed by atoms with van der Waals surface area (Å²) in [5, 5.41) is 0. The SMILES string of the molecule is CCCC(C)N(C)c1nc(N)cc(Br)n1. The van der Waals surface area contributed by atoms with E-state index in [-0.39, 0.29) is 0 Å². The first-order chi connectivity index (χ1) is 7.04. The van der Waals surface area contributed by atoms with E-state index in [2.05, 4.69) is 39.7 Å². The smallest absolute Gasteiger partial charge is 0.228 e. The van der Waals surface area contributed by atoms with Gasteiger partial charge in [-0.05, 0) is 29.3 Å². The Hall–Kier alpha value is -0.840. The van der Waals surface area contributed by atoms with E-state index in [4.69, 9.17) is 5.73 Å². The van der Waals surface area contributed by atoms with Gasteiger partial charge in [0.2, 0.25) is 5.95 Å². The molecule has 1 aromatic heterocycles. The molecule has 1 atom stereocenters. The van der Waals surface area contributed by atoms with Crippen molar-refractivity contribution in [1.82, 2.24) is 9.97 Å². The first-order valence-corrected chi connectivity index (χ1v) is 5.86. The summed E-state index contributed by atoms with van der Waals surface area (Å²) in [6.07, 6.45) is 2.27. The molecular weight excluding hydrogens is 256 g/mol. The monoisotopic (exact) mass is 272 g/mol. The maximum Gasteiger partial charge on any atom is 0.228 e. The molecule has 2 N–H and O–H groups in total. The van der Waals surface area contributed by atoms with Crippen molar-refractivity contribution in [2.45, 2.75) is 32.7 Å². The van der Waals surface area contributed by atoms with Gasteiger partial charge < -0.3 is 10.6 Å². The third-order valence-corrected chi connectivity index (χ3v) is 2.79. The second-order valence-corrected chi connectivity index (χ2v) is 4.48. The van der Waals surface area contributed by atoms with Crippen molar-refractivity contribution in [2.75, 3.05) is 17.7 Å². The van der Waals surface area contributed by atoms with Crippen molar-refractivity contribution in [2.24, 2.45) is 0 Å². The molecule has 15 heavy (non-hydrogen) atoms. The average molecular weight is 273 g/mol. The molecule has 5 heteroatoms. The lowest BCUT2D eigenvalue weighted by Crippen LogP contribution is -2.30. The third-order valence-electron chi connectivity index (χ3n) is 2.39. The molecule has 0 radical (unpaired) electrons. The minimum atomic E-state index is 0.420. The van der Waals surface area contributed by atoms with E-state index >= 15 is 0 Å². The minimum Gasteiger partial charge on any atom is -0.383 e. The van der Waals surface area contributed by atoms with Gasteiger partial charge in [-0.15, -0.1) is 0 Å². The predicted molar refractivity (Wildman–Crippen MR) is 66.9 cm³/mol. The molecule has 1 heterocycles. The van der Waals surface area contributed by atoms with Crippen LogP contribution in [0.2, 0.25) is 0 Å². The molecule has 0 aliphatic heterocycles. The van der Waals surface area contributed by atoms with Crippen molar-refractivity contribution in [1.29, 1.82) is 0 Å². The van der Waals surface area contributed by atoms with Gasteiger partial charge in [0.25, 0.3) is 0 Å². The van der Waals surface area contributed by atoms with Crippen molar-refractivity contribution in [3.63, 3.8) is 0 Å². The highest BCUT2D eigenvalue weighted by atomic mass is 79.9. The quantitative estimate of drug-likeness (QED) is 0.856. The van der Waals surface area contributed by atoms with Gasteiger partial charge in [0, 0.05) is 19.2 Å². The summed E-state index contributed by atoms with van der Waals surface area (Å²) in [7, 11) is 1.99. The zero-order valence-corrected chi connectivity index (χ0v) is 11.0. The first-order valence-electron chi connectivity index (χ1n) is 5.07. The number of halogens is 1. The molecule has 84 valence electrons. The summed E-state index contributed by atoms with van der Waals surface area (Å²) in [5.74, 6) is 1.16. The van der Waals surface area contributed by atoms with Crippen LogP contribution in [0.15, 0.2) is 10.7 Å². The first kappa shape index (κ1) is 12.2. The van der Waals surface area contributed by atoms with Crippen molar-refractivity contribution >= 4 is 27.7 Å². The number of nitrogen functional groups attached to an aromatic ring is 1. The van der Waals surface area contributed by atoms with Gasteiger partial charge in [-0.2, -0.15) is 4.98 Å². The van der Waals surface area contributed by atoms with Crippen LogP contribution >= 0.6 is 15.9 Å². The molecule has 1 rings (SSSR count). The Balaban J connectivity index is 2.85. The van der Waals surface area contributed by atoms with E-state index in [1.165, 1.54) is 0 Å². The van der Waals surface area contributed by atoms with E-state index < -0.39 is 0 Å². The lowest BCUT2D eigenvalue weighted by atomic mass is 10.2. The van der Waals surface area contributed by atoms with Crippen LogP contribution in [0.1, 0.15) is 26.7 Å². The van der Waals surface area contributed by atoms with Gasteiger partial charge in [-0.3, -0.25) is 0 Å². The molecule has 0 saturated heterocycles. The number of aromatic nitrogens is 2. The maximum absolute atomic E-state index is 5.66. The van der Waals surface area contributed by atoms with E-state index in [1.807, 2.05) is 11.9 Å². The number of anilines is 2. The van der Waals surface area contributed by atoms with Crippen LogP contribution in [-0.4, -0.2) is 23.1 Å². The number of hydrogen-bond acceptors (Lipinski definition) is 4. The predicted octanol–water partition coefficient (Wildman–Crippen LogP) is 2.45. The van der Waals surface area contributed by atoms with E-state index in [9.17, 15) is 0 Å². The Labute approximate surface area is 99.0 Å². The highest BCUT2D eigenvalue weighted by Crippen LogP contribution is 2.17. The van der Waals surface area contributed by atoms with Gasteiger partial charge in [-0.25, -0.2) is 4.98 Å². The van der Waals surface area contributed by atoms with Crippen LogP contribution in [0.4, 0.5) is 11.8 Å². The van der Waals surface area contributed by atoms with Crippen molar-refractivity contribution in [3.05, 3.63) is 10.7 Å². The normalized spacial score (nSPS) is 12.5. The third kappa shape index (κ3) is 3.34. The standard InChI is InChI=1S/C10H17BrN4/c1-4-5-7(2)15(3)10-13-8(11)6-9(12)14-10/h6-7H,4-5H2,1-3H3,(H2,12,13,14). The second-order valence-electron chi connectivity index (χ2n) is 3.66. The van der Waals surface area contributed by atoms with Crippen LogP contribution in [0.5, 0.6) is 0 Å². The summed E-state index contributed by atoms with van der Waals surface area (Å²) in [6.45, 7) is 4.32. The lowest BCUT2D eigenvalue weighted by Gasteiger charge is -2.24. The molecule has 0 saturated carbocycles. The Kier molecular flexibility index (Phi) is 4.32. The van der Waals surface area contributed by atoms with Gasteiger partial charge in [0.1, 0.15) is 10.4 Å². The van der Waals surface area contributed by atoms with Crippen LogP contribution < -0.4 is 10.6 Å². The van der Waals surface area contributed by atoms with Crippen LogP contribution in [0, 0.1) is 0 Å². The fourth-order valence-electron chi connectivity index (χ4n) is 1.39. The fraction of sp³-hybridized carbons (Fsp3) is 0.600. The number of nitrogens with zero attached hydrogens (tertiary/aromatic N) is 3. The minimum absolute atomic E-state index is 0.420. The van der Waals surface area contributed by atoms with E-state index in [0.29, 0.717) is 17.8 Å². The number of nitrogens with two attached hydrogens (primary N) is 1. The zero-order chi connectivity index (χ0) is 11.4. The molecule has 0 aliphatic carbocycles. The maximum atomic E-state index is 5.66. The van der Waals surface area contributed by atoms with E-state index in [1.54, 1.807) is 6.07 Å². The molecule has 4 nitrogen and oxygen atoms in total. The molecule has 0 spiro atoms. The highest BCUT2D eigenvalue weighted by Gasteiger charge is 2.12. The summed E-state index contributed by atoms with van der Waals surface area (Å²) in [4.78, 5) is 10.5. The lowest BCUT2D eigenvalue weighted by molar-refractivity contribution is 0.605. The number of hydrogen-bond donors (Lipinski definition) is 1. The highest BCUT2D eigenvalue weighted by molar-refractivity contribution is 9.10. The van der Waals surface area contributed by atoms with Crippen LogP contribution in [0.3, 0.4) is 0 Å². The van der Waals surface area contributed by atoms with Gasteiger partial charge in [0.05, 0.1) is 0 Å². The van der Waals surface area contributed by atoms with Crippen molar-refractivity contribution in [3.8, 4) is 0 Å². The molecular formula is C10H17BrN4. The molecule has 0 aliphatic rings. The summed E-state index contributed by atoms with van der Waals surface area (Å²) in [6, 6.07) is 2.12. The van der Waals surface area contributed by atoms with Gasteiger partial charge >= 0.3 is 0 Å². The molecule has 1 aromatic rings. The fourth-order valence-corrected chi connectivity index (χ4v) is 1.78. The van der Waals surface area contributed by atoms with Gasteiger partial charge in [0.15, 0.2) is 0 Å². The summed E-state index contributed by atoms with van der Waals surface area (Å²) < 4.78 is 0.723. The molecule has 0 amide bonds. The van der Waals surface area contributed by atoms with Crippen LogP contribution in [-0.2, 0) is 0 Å². The Morgan fingerprint density at radius 1 is 1.53 bits per heavy atom. The zero-order valence-electron chi connectivity index (χ0n) is 9.37.